The molecule has 2 aliphatic heterocycles. The molecule has 2 N–H and O–H groups in total. The number of hydrogen-bond donors (Lipinski definition) is 1. The highest BCUT2D eigenvalue weighted by Crippen LogP contribution is 2.42. The van der Waals surface area contributed by atoms with Crippen LogP contribution < -0.4 is 15.2 Å². The van der Waals surface area contributed by atoms with Gasteiger partial charge in [0.25, 0.3) is 5.91 Å². The summed E-state index contributed by atoms with van der Waals surface area (Å²) in [4.78, 5) is 41.3. The third-order valence-corrected chi connectivity index (χ3v) is 9.22. The van der Waals surface area contributed by atoms with Gasteiger partial charge in [-0.2, -0.15) is 0 Å². The van der Waals surface area contributed by atoms with E-state index in [0.717, 1.165) is 33.8 Å². The highest BCUT2D eigenvalue weighted by Gasteiger charge is 2.31. The first-order valence-electron chi connectivity index (χ1n) is 13.7. The lowest BCUT2D eigenvalue weighted by atomic mass is 9.93. The zero-order valence-corrected chi connectivity index (χ0v) is 26.1. The van der Waals surface area contributed by atoms with Crippen LogP contribution in [0, 0.1) is 11.3 Å². The monoisotopic (exact) mass is 646 g/mol. The summed E-state index contributed by atoms with van der Waals surface area (Å²) in [5.74, 6) is 1.65. The number of fused-ring (bicyclic) bond motifs is 2. The fraction of sp³-hybridized carbons (Fsp3) is 0.536. The maximum Gasteiger partial charge on any atom is 0.311 e. The number of ether oxygens (including phenoxy) is 3. The fourth-order valence-corrected chi connectivity index (χ4v) is 6.34. The van der Waals surface area contributed by atoms with Gasteiger partial charge in [0.2, 0.25) is 0 Å². The van der Waals surface area contributed by atoms with E-state index in [1.54, 1.807) is 32.6 Å². The Kier molecular flexibility index (Phi) is 8.65. The SMILES string of the molecule is C[C@@H](OC(=O)C(C)(C)C)C(=O)N1CCC(CCn2c(Sc3cc4c(cc3Br)OCCO4)nc3c(N)ncnc32)CC1. The van der Waals surface area contributed by atoms with Gasteiger partial charge in [0, 0.05) is 29.0 Å². The molecule has 11 nitrogen and oxygen atoms in total. The normalized spacial score (nSPS) is 16.6. The van der Waals surface area contributed by atoms with Crippen molar-refractivity contribution in [3.05, 3.63) is 22.9 Å². The minimum absolute atomic E-state index is 0.141. The Morgan fingerprint density at radius 1 is 1.17 bits per heavy atom. The van der Waals surface area contributed by atoms with Crippen LogP contribution in [0.5, 0.6) is 11.5 Å². The molecule has 0 saturated carbocycles. The number of anilines is 1. The zero-order chi connectivity index (χ0) is 29.3. The molecule has 220 valence electrons. The van der Waals surface area contributed by atoms with Crippen molar-refractivity contribution in [1.29, 1.82) is 0 Å². The van der Waals surface area contributed by atoms with Crippen LogP contribution >= 0.6 is 27.7 Å². The van der Waals surface area contributed by atoms with Gasteiger partial charge in [-0.3, -0.25) is 9.59 Å². The van der Waals surface area contributed by atoms with E-state index in [-0.39, 0.29) is 11.9 Å². The van der Waals surface area contributed by atoms with Crippen LogP contribution in [0.15, 0.2) is 33.0 Å². The van der Waals surface area contributed by atoms with E-state index in [9.17, 15) is 9.59 Å². The van der Waals surface area contributed by atoms with Crippen LogP contribution in [-0.2, 0) is 20.9 Å². The van der Waals surface area contributed by atoms with E-state index in [4.69, 9.17) is 24.9 Å². The molecule has 1 amide bonds. The summed E-state index contributed by atoms with van der Waals surface area (Å²) in [5.41, 5.74) is 6.78. The number of nitrogens with zero attached hydrogens (tertiary/aromatic N) is 5. The number of imidazole rings is 1. The smallest absolute Gasteiger partial charge is 0.311 e. The van der Waals surface area contributed by atoms with Crippen LogP contribution in [0.2, 0.25) is 0 Å². The number of aryl methyl sites for hydroxylation is 1. The summed E-state index contributed by atoms with van der Waals surface area (Å²) >= 11 is 5.16. The number of nitrogens with two attached hydrogens (primary N) is 1. The van der Waals surface area contributed by atoms with E-state index in [1.807, 2.05) is 12.1 Å². The van der Waals surface area contributed by atoms with Gasteiger partial charge in [0.1, 0.15) is 19.5 Å². The Balaban J connectivity index is 1.26. The number of nitrogen functional groups attached to an aromatic ring is 1. The Morgan fingerprint density at radius 3 is 2.54 bits per heavy atom. The Hall–Kier alpha value is -3.06. The van der Waals surface area contributed by atoms with Gasteiger partial charge >= 0.3 is 5.97 Å². The van der Waals surface area contributed by atoms with Gasteiger partial charge in [-0.1, -0.05) is 11.8 Å². The summed E-state index contributed by atoms with van der Waals surface area (Å²) in [6, 6.07) is 3.87. The molecule has 1 atom stereocenters. The van der Waals surface area contributed by atoms with Crippen LogP contribution in [-0.4, -0.2) is 68.7 Å². The third-order valence-electron chi connectivity index (χ3n) is 7.25. The molecule has 2 aliphatic rings. The number of hydrogen-bond acceptors (Lipinski definition) is 10. The number of piperidine rings is 1. The van der Waals surface area contributed by atoms with Crippen molar-refractivity contribution < 1.29 is 23.8 Å². The number of carbonyl (C=O) groups is 2. The van der Waals surface area contributed by atoms with Crippen LogP contribution in [0.3, 0.4) is 0 Å². The minimum atomic E-state index is -0.791. The zero-order valence-electron chi connectivity index (χ0n) is 23.7. The fourth-order valence-electron chi connectivity index (χ4n) is 4.83. The number of likely N-dealkylation sites (tertiary alicyclic amines) is 1. The predicted octanol–water partition coefficient (Wildman–Crippen LogP) is 4.70. The molecular formula is C28H35BrN6O5S. The molecule has 0 bridgehead atoms. The van der Waals surface area contributed by atoms with Crippen molar-refractivity contribution in [1.82, 2.24) is 24.4 Å². The van der Waals surface area contributed by atoms with Crippen molar-refractivity contribution in [3.8, 4) is 11.5 Å². The average molecular weight is 648 g/mol. The first-order chi connectivity index (χ1) is 19.5. The summed E-state index contributed by atoms with van der Waals surface area (Å²) in [7, 11) is 0. The summed E-state index contributed by atoms with van der Waals surface area (Å²) in [5, 5.41) is 0.756. The van der Waals surface area contributed by atoms with E-state index >= 15 is 0 Å². The molecule has 1 saturated heterocycles. The average Bonchev–Trinajstić information content (AvgIpc) is 3.29. The maximum atomic E-state index is 12.9. The topological polar surface area (TPSA) is 135 Å². The number of esters is 1. The van der Waals surface area contributed by atoms with Crippen LogP contribution in [0.25, 0.3) is 11.2 Å². The molecule has 0 unspecified atom stereocenters. The molecule has 5 rings (SSSR count). The second-order valence-corrected chi connectivity index (χ2v) is 13.2. The lowest BCUT2D eigenvalue weighted by Crippen LogP contribution is -2.45. The van der Waals surface area contributed by atoms with Crippen molar-refractivity contribution in [2.45, 2.75) is 69.7 Å². The Morgan fingerprint density at radius 2 is 1.85 bits per heavy atom. The third kappa shape index (κ3) is 6.56. The van der Waals surface area contributed by atoms with Crippen molar-refractivity contribution in [3.63, 3.8) is 0 Å². The molecule has 2 aromatic heterocycles. The van der Waals surface area contributed by atoms with E-state index in [0.29, 0.717) is 67.2 Å². The summed E-state index contributed by atoms with van der Waals surface area (Å²) < 4.78 is 19.9. The maximum absolute atomic E-state index is 12.9. The number of carbonyl (C=O) groups excluding carboxylic acids is 2. The standard InChI is InChI=1S/C28H35BrN6O5S/c1-16(40-26(37)28(2,3)4)25(36)34-8-5-17(6-9-34)7-10-35-24-22(23(30)31-15-32-24)33-27(35)41-21-14-20-19(13-18(21)29)38-11-12-39-20/h13-17H,5-12H2,1-4H3,(H2,30,31,32)/t16-/m1/s1. The van der Waals surface area contributed by atoms with Crippen molar-refractivity contribution in [2.75, 3.05) is 32.0 Å². The molecule has 1 fully saturated rings. The summed E-state index contributed by atoms with van der Waals surface area (Å²) in [6.45, 7) is 9.97. The molecule has 13 heteroatoms. The largest absolute Gasteiger partial charge is 0.486 e. The van der Waals surface area contributed by atoms with Gasteiger partial charge in [0.05, 0.1) is 5.41 Å². The number of aromatic nitrogens is 4. The second-order valence-electron chi connectivity index (χ2n) is 11.4. The van der Waals surface area contributed by atoms with E-state index in [2.05, 4.69) is 30.5 Å². The van der Waals surface area contributed by atoms with Crippen molar-refractivity contribution in [2.24, 2.45) is 11.3 Å². The molecule has 4 heterocycles. The predicted molar refractivity (Wildman–Crippen MR) is 158 cm³/mol. The van der Waals surface area contributed by atoms with Gasteiger partial charge in [-0.05, 0) is 80.9 Å². The first-order valence-corrected chi connectivity index (χ1v) is 15.4. The van der Waals surface area contributed by atoms with Gasteiger partial charge < -0.3 is 29.4 Å². The molecule has 1 aromatic carbocycles. The highest BCUT2D eigenvalue weighted by molar-refractivity contribution is 9.10. The minimum Gasteiger partial charge on any atom is -0.486 e. The Bertz CT molecular complexity index is 1450. The summed E-state index contributed by atoms with van der Waals surface area (Å²) in [6.07, 6.45) is 3.29. The molecule has 0 aliphatic carbocycles. The molecule has 41 heavy (non-hydrogen) atoms. The molecule has 0 radical (unpaired) electrons. The van der Waals surface area contributed by atoms with Crippen LogP contribution in [0.4, 0.5) is 5.82 Å². The first kappa shape index (κ1) is 29.4. The second kappa shape index (κ2) is 12.0. The van der Waals surface area contributed by atoms with E-state index in [1.165, 1.54) is 18.1 Å². The van der Waals surface area contributed by atoms with Crippen molar-refractivity contribution >= 4 is 56.6 Å². The van der Waals surface area contributed by atoms with E-state index < -0.39 is 11.5 Å². The molecular weight excluding hydrogens is 612 g/mol. The highest BCUT2D eigenvalue weighted by atomic mass is 79.9. The number of amides is 1. The lowest BCUT2D eigenvalue weighted by Gasteiger charge is -2.34. The quantitative estimate of drug-likeness (QED) is 0.360. The number of halogens is 1. The number of rotatable bonds is 7. The molecule has 3 aromatic rings. The van der Waals surface area contributed by atoms with Gasteiger partial charge in [-0.25, -0.2) is 15.0 Å². The molecule has 0 spiro atoms. The Labute approximate surface area is 251 Å². The van der Waals surface area contributed by atoms with Gasteiger partial charge in [0.15, 0.2) is 39.7 Å². The lowest BCUT2D eigenvalue weighted by molar-refractivity contribution is -0.166. The van der Waals surface area contributed by atoms with Gasteiger partial charge in [-0.15, -0.1) is 0 Å². The number of benzene rings is 1. The van der Waals surface area contributed by atoms with Crippen LogP contribution in [0.1, 0.15) is 47.0 Å².